The summed E-state index contributed by atoms with van der Waals surface area (Å²) in [4.78, 5) is 13.0. The molecule has 3 heterocycles. The number of aromatic nitrogens is 2. The summed E-state index contributed by atoms with van der Waals surface area (Å²) >= 11 is 7.28. The highest BCUT2D eigenvalue weighted by Crippen LogP contribution is 2.36. The molecule has 0 amide bonds. The molecule has 0 radical (unpaired) electrons. The molecule has 1 aromatic carbocycles. The van der Waals surface area contributed by atoms with Crippen LogP contribution in [-0.4, -0.2) is 27.7 Å². The fraction of sp³-hybridized carbons (Fsp3) is 0.294. The van der Waals surface area contributed by atoms with Crippen LogP contribution < -0.4 is 0 Å². The SMILES string of the molecule is CSc1ncc2c(n1)CCN(Cc1sc3ccccc3c1Br)C2. The number of rotatable bonds is 3. The van der Waals surface area contributed by atoms with Gasteiger partial charge in [0.1, 0.15) is 0 Å². The van der Waals surface area contributed by atoms with E-state index in [-0.39, 0.29) is 0 Å². The molecule has 0 fully saturated rings. The van der Waals surface area contributed by atoms with Gasteiger partial charge >= 0.3 is 0 Å². The minimum absolute atomic E-state index is 0.879. The third kappa shape index (κ3) is 3.05. The first-order valence-electron chi connectivity index (χ1n) is 7.51. The lowest BCUT2D eigenvalue weighted by Crippen LogP contribution is -2.30. The van der Waals surface area contributed by atoms with E-state index in [0.717, 1.165) is 31.2 Å². The number of halogens is 1. The average Bonchev–Trinajstić information content (AvgIpc) is 2.90. The van der Waals surface area contributed by atoms with E-state index in [9.17, 15) is 0 Å². The summed E-state index contributed by atoms with van der Waals surface area (Å²) < 4.78 is 2.60. The number of benzene rings is 1. The van der Waals surface area contributed by atoms with Gasteiger partial charge in [0.15, 0.2) is 5.16 Å². The molecule has 0 bridgehead atoms. The summed E-state index contributed by atoms with van der Waals surface area (Å²) in [6.07, 6.45) is 5.03. The van der Waals surface area contributed by atoms with Gasteiger partial charge in [0.25, 0.3) is 0 Å². The van der Waals surface area contributed by atoms with E-state index in [1.54, 1.807) is 11.8 Å². The van der Waals surface area contributed by atoms with Crippen LogP contribution in [0.5, 0.6) is 0 Å². The number of thiophene rings is 1. The second-order valence-electron chi connectivity index (χ2n) is 5.62. The van der Waals surface area contributed by atoms with Crippen LogP contribution in [0, 0.1) is 0 Å². The maximum absolute atomic E-state index is 4.64. The van der Waals surface area contributed by atoms with Gasteiger partial charge in [0, 0.05) is 57.3 Å². The van der Waals surface area contributed by atoms with Crippen molar-refractivity contribution >= 4 is 49.1 Å². The van der Waals surface area contributed by atoms with Gasteiger partial charge in [0.2, 0.25) is 0 Å². The smallest absolute Gasteiger partial charge is 0.187 e. The first-order valence-corrected chi connectivity index (χ1v) is 10.3. The van der Waals surface area contributed by atoms with E-state index < -0.39 is 0 Å². The minimum Gasteiger partial charge on any atom is -0.293 e. The Morgan fingerprint density at radius 1 is 1.35 bits per heavy atom. The minimum atomic E-state index is 0.879. The number of thioether (sulfide) groups is 1. The lowest BCUT2D eigenvalue weighted by Gasteiger charge is -2.27. The van der Waals surface area contributed by atoms with Gasteiger partial charge in [-0.3, -0.25) is 4.90 Å². The zero-order chi connectivity index (χ0) is 15.8. The molecule has 0 unspecified atom stereocenters. The van der Waals surface area contributed by atoms with E-state index in [1.807, 2.05) is 23.8 Å². The Hall–Kier alpha value is -0.950. The summed E-state index contributed by atoms with van der Waals surface area (Å²) in [7, 11) is 0. The Kier molecular flexibility index (Phi) is 4.41. The summed E-state index contributed by atoms with van der Waals surface area (Å²) in [5, 5.41) is 2.20. The molecule has 0 saturated heterocycles. The molecule has 0 saturated carbocycles. The molecule has 23 heavy (non-hydrogen) atoms. The predicted octanol–water partition coefficient (Wildman–Crippen LogP) is 4.73. The zero-order valence-electron chi connectivity index (χ0n) is 12.8. The topological polar surface area (TPSA) is 29.0 Å². The maximum Gasteiger partial charge on any atom is 0.187 e. The van der Waals surface area contributed by atoms with Crippen LogP contribution in [0.25, 0.3) is 10.1 Å². The second-order valence-corrected chi connectivity index (χ2v) is 8.33. The number of hydrogen-bond acceptors (Lipinski definition) is 5. The number of hydrogen-bond donors (Lipinski definition) is 0. The summed E-state index contributed by atoms with van der Waals surface area (Å²) in [5.74, 6) is 0. The van der Waals surface area contributed by atoms with Crippen molar-refractivity contribution < 1.29 is 0 Å². The van der Waals surface area contributed by atoms with Crippen LogP contribution in [0.1, 0.15) is 16.1 Å². The van der Waals surface area contributed by atoms with Crippen LogP contribution >= 0.6 is 39.0 Å². The third-order valence-corrected chi connectivity index (χ3v) is 7.03. The van der Waals surface area contributed by atoms with Crippen molar-refractivity contribution in [2.24, 2.45) is 0 Å². The Morgan fingerprint density at radius 3 is 3.04 bits per heavy atom. The largest absolute Gasteiger partial charge is 0.293 e. The fourth-order valence-corrected chi connectivity index (χ4v) is 5.30. The van der Waals surface area contributed by atoms with Crippen molar-refractivity contribution in [1.29, 1.82) is 0 Å². The lowest BCUT2D eigenvalue weighted by molar-refractivity contribution is 0.244. The number of fused-ring (bicyclic) bond motifs is 2. The van der Waals surface area contributed by atoms with Crippen LogP contribution in [0.4, 0.5) is 0 Å². The first-order chi connectivity index (χ1) is 11.2. The monoisotopic (exact) mass is 405 g/mol. The molecule has 0 atom stereocenters. The standard InChI is InChI=1S/C17H16BrN3S2/c1-22-17-19-8-11-9-21(7-6-13(11)20-17)10-15-16(18)12-4-2-3-5-14(12)23-15/h2-5,8H,6-7,9-10H2,1H3. The van der Waals surface area contributed by atoms with Gasteiger partial charge in [-0.25, -0.2) is 9.97 Å². The summed E-state index contributed by atoms with van der Waals surface area (Å²) in [6.45, 7) is 2.97. The van der Waals surface area contributed by atoms with E-state index in [4.69, 9.17) is 0 Å². The molecular formula is C17H16BrN3S2. The normalized spacial score (nSPS) is 15.0. The molecule has 3 nitrogen and oxygen atoms in total. The van der Waals surface area contributed by atoms with Crippen LogP contribution in [-0.2, 0) is 19.5 Å². The molecule has 1 aliphatic heterocycles. The highest BCUT2D eigenvalue weighted by Gasteiger charge is 2.20. The highest BCUT2D eigenvalue weighted by atomic mass is 79.9. The molecule has 0 N–H and O–H groups in total. The highest BCUT2D eigenvalue weighted by molar-refractivity contribution is 9.10. The summed E-state index contributed by atoms with van der Waals surface area (Å²) in [5.41, 5.74) is 2.49. The molecule has 118 valence electrons. The van der Waals surface area contributed by atoms with E-state index in [2.05, 4.69) is 55.1 Å². The molecule has 6 heteroatoms. The van der Waals surface area contributed by atoms with Gasteiger partial charge < -0.3 is 0 Å². The fourth-order valence-electron chi connectivity index (χ4n) is 2.96. The second kappa shape index (κ2) is 6.51. The van der Waals surface area contributed by atoms with Crippen molar-refractivity contribution in [3.63, 3.8) is 0 Å². The first kappa shape index (κ1) is 15.6. The third-order valence-electron chi connectivity index (χ3n) is 4.14. The predicted molar refractivity (Wildman–Crippen MR) is 101 cm³/mol. The molecule has 0 aliphatic carbocycles. The van der Waals surface area contributed by atoms with Gasteiger partial charge in [-0.15, -0.1) is 11.3 Å². The zero-order valence-corrected chi connectivity index (χ0v) is 16.0. The Bertz CT molecular complexity index is 862. The molecule has 0 spiro atoms. The Balaban J connectivity index is 1.56. The Morgan fingerprint density at radius 2 is 2.22 bits per heavy atom. The quantitative estimate of drug-likeness (QED) is 0.464. The van der Waals surface area contributed by atoms with E-state index in [1.165, 1.54) is 30.7 Å². The maximum atomic E-state index is 4.64. The summed E-state index contributed by atoms with van der Waals surface area (Å²) in [6, 6.07) is 8.58. The van der Waals surface area contributed by atoms with Gasteiger partial charge in [0.05, 0.1) is 5.69 Å². The number of nitrogens with zero attached hydrogens (tertiary/aromatic N) is 3. The van der Waals surface area contributed by atoms with Crippen LogP contribution in [0.15, 0.2) is 40.1 Å². The van der Waals surface area contributed by atoms with Crippen molar-refractivity contribution in [2.45, 2.75) is 24.7 Å². The van der Waals surface area contributed by atoms with Crippen molar-refractivity contribution in [3.05, 3.63) is 51.1 Å². The molecule has 2 aromatic heterocycles. The average molecular weight is 406 g/mol. The van der Waals surface area contributed by atoms with Crippen LogP contribution in [0.2, 0.25) is 0 Å². The molecule has 1 aliphatic rings. The van der Waals surface area contributed by atoms with E-state index in [0.29, 0.717) is 0 Å². The van der Waals surface area contributed by atoms with Crippen molar-refractivity contribution in [2.75, 3.05) is 12.8 Å². The van der Waals surface area contributed by atoms with Gasteiger partial charge in [-0.05, 0) is 28.3 Å². The molecular weight excluding hydrogens is 390 g/mol. The molecule has 3 aromatic rings. The molecule has 4 rings (SSSR count). The van der Waals surface area contributed by atoms with Crippen LogP contribution in [0.3, 0.4) is 0 Å². The van der Waals surface area contributed by atoms with Crippen molar-refractivity contribution in [3.8, 4) is 0 Å². The lowest BCUT2D eigenvalue weighted by atomic mass is 10.1. The van der Waals surface area contributed by atoms with E-state index >= 15 is 0 Å². The van der Waals surface area contributed by atoms with Crippen molar-refractivity contribution in [1.82, 2.24) is 14.9 Å². The van der Waals surface area contributed by atoms with Gasteiger partial charge in [-0.1, -0.05) is 30.0 Å². The van der Waals surface area contributed by atoms with Gasteiger partial charge in [-0.2, -0.15) is 0 Å². The Labute approximate surface area is 152 Å².